The number of nitrogens with one attached hydrogen (secondary N) is 3. The van der Waals surface area contributed by atoms with E-state index in [-0.39, 0.29) is 11.0 Å². The van der Waals surface area contributed by atoms with Crippen molar-refractivity contribution in [3.05, 3.63) is 77.5 Å². The van der Waals surface area contributed by atoms with E-state index in [1.807, 2.05) is 70.2 Å². The molecule has 0 saturated carbocycles. The van der Waals surface area contributed by atoms with Crippen LogP contribution in [0.4, 0.5) is 28.8 Å². The maximum atomic E-state index is 13.9. The second-order valence-electron chi connectivity index (χ2n) is 15.1. The maximum absolute atomic E-state index is 13.9. The summed E-state index contributed by atoms with van der Waals surface area (Å²) in [6, 6.07) is 16.9. The minimum Gasteiger partial charge on any atom is -0.340 e. The molecule has 1 amide bonds. The summed E-state index contributed by atoms with van der Waals surface area (Å²) in [5.74, 6) is -0.126. The number of aromatic nitrogens is 2. The molecule has 2 saturated heterocycles. The van der Waals surface area contributed by atoms with E-state index >= 15 is 0 Å². The van der Waals surface area contributed by atoms with E-state index in [2.05, 4.69) is 30.1 Å². The Kier molecular flexibility index (Phi) is 11.2. The van der Waals surface area contributed by atoms with Gasteiger partial charge in [0.1, 0.15) is 5.82 Å². The van der Waals surface area contributed by atoms with Crippen LogP contribution < -0.4 is 20.3 Å². The van der Waals surface area contributed by atoms with Gasteiger partial charge in [-0.15, -0.1) is 0 Å². The van der Waals surface area contributed by atoms with Gasteiger partial charge in [-0.05, 0) is 104 Å². The van der Waals surface area contributed by atoms with Gasteiger partial charge in [0.15, 0.2) is 0 Å². The number of amides is 1. The molecule has 276 valence electrons. The number of rotatable bonds is 13. The SMILES string of the molecule is CCCCc1c(NC(=O)C(=O)c2ccc(Nc3ccnc(N4CCC[C@H]4CN4CCCC4)n3)c3ccccc23)cc(C(C)(C)C)cc1NS(C)(=O)=O. The van der Waals surface area contributed by atoms with Gasteiger partial charge >= 0.3 is 0 Å². The summed E-state index contributed by atoms with van der Waals surface area (Å²) < 4.78 is 27.4. The van der Waals surface area contributed by atoms with Gasteiger partial charge < -0.3 is 20.4 Å². The Morgan fingerprint density at radius 1 is 0.923 bits per heavy atom. The zero-order valence-electron chi connectivity index (χ0n) is 31.0. The highest BCUT2D eigenvalue weighted by molar-refractivity contribution is 7.92. The van der Waals surface area contributed by atoms with Gasteiger partial charge in [-0.2, -0.15) is 4.98 Å². The van der Waals surface area contributed by atoms with Crippen LogP contribution in [-0.4, -0.2) is 73.5 Å². The molecule has 3 aromatic carbocycles. The third-order valence-corrected chi connectivity index (χ3v) is 10.6. The second-order valence-corrected chi connectivity index (χ2v) is 16.9. The van der Waals surface area contributed by atoms with E-state index in [1.54, 1.807) is 18.3 Å². The first-order chi connectivity index (χ1) is 24.8. The number of carbonyl (C=O) groups excluding carboxylic acids is 2. The van der Waals surface area contributed by atoms with Gasteiger partial charge in [0.05, 0.1) is 11.9 Å². The van der Waals surface area contributed by atoms with E-state index in [0.29, 0.717) is 46.6 Å². The zero-order chi connectivity index (χ0) is 37.0. The molecule has 2 aliphatic rings. The lowest BCUT2D eigenvalue weighted by atomic mass is 9.85. The summed E-state index contributed by atoms with van der Waals surface area (Å²) in [4.78, 5) is 42.1. The highest BCUT2D eigenvalue weighted by Gasteiger charge is 2.30. The molecule has 0 aliphatic carbocycles. The topological polar surface area (TPSA) is 137 Å². The Morgan fingerprint density at radius 2 is 1.65 bits per heavy atom. The van der Waals surface area contributed by atoms with E-state index in [4.69, 9.17) is 4.98 Å². The molecule has 2 fully saturated rings. The van der Waals surface area contributed by atoms with Gasteiger partial charge in [-0.1, -0.05) is 58.4 Å². The molecule has 3 N–H and O–H groups in total. The first kappa shape index (κ1) is 37.2. The van der Waals surface area contributed by atoms with Gasteiger partial charge in [0.2, 0.25) is 16.0 Å². The highest BCUT2D eigenvalue weighted by atomic mass is 32.2. The van der Waals surface area contributed by atoms with Crippen LogP contribution >= 0.6 is 0 Å². The van der Waals surface area contributed by atoms with Gasteiger partial charge in [0.25, 0.3) is 11.7 Å². The Bertz CT molecular complexity index is 2050. The van der Waals surface area contributed by atoms with Crippen molar-refractivity contribution in [3.8, 4) is 0 Å². The fourth-order valence-electron chi connectivity index (χ4n) is 7.28. The van der Waals surface area contributed by atoms with Crippen LogP contribution in [0.5, 0.6) is 0 Å². The number of sulfonamides is 1. The molecule has 1 aromatic heterocycles. The summed E-state index contributed by atoms with van der Waals surface area (Å²) in [7, 11) is -3.60. The van der Waals surface area contributed by atoms with Crippen LogP contribution in [0.2, 0.25) is 0 Å². The fraction of sp³-hybridized carbons (Fsp3) is 0.450. The quantitative estimate of drug-likeness (QED) is 0.0960. The number of likely N-dealkylation sites (tertiary alicyclic amines) is 1. The molecule has 4 aromatic rings. The number of unbranched alkanes of at least 4 members (excludes halogenated alkanes) is 1. The van der Waals surface area contributed by atoms with Crippen molar-refractivity contribution < 1.29 is 18.0 Å². The molecule has 11 nitrogen and oxygen atoms in total. The van der Waals surface area contributed by atoms with Crippen LogP contribution in [0.25, 0.3) is 10.8 Å². The van der Waals surface area contributed by atoms with Crippen molar-refractivity contribution in [2.45, 2.75) is 84.1 Å². The molecular weight excluding hydrogens is 675 g/mol. The van der Waals surface area contributed by atoms with Crippen molar-refractivity contribution in [1.29, 1.82) is 0 Å². The summed E-state index contributed by atoms with van der Waals surface area (Å²) in [5, 5.41) is 7.72. The molecule has 0 radical (unpaired) electrons. The Labute approximate surface area is 307 Å². The van der Waals surface area contributed by atoms with Crippen molar-refractivity contribution in [2.75, 3.05) is 52.7 Å². The predicted octanol–water partition coefficient (Wildman–Crippen LogP) is 7.27. The van der Waals surface area contributed by atoms with E-state index in [0.717, 1.165) is 74.8 Å². The van der Waals surface area contributed by atoms with Crippen molar-refractivity contribution >= 4 is 61.3 Å². The molecule has 6 rings (SSSR count). The molecule has 0 bridgehead atoms. The fourth-order valence-corrected chi connectivity index (χ4v) is 7.87. The van der Waals surface area contributed by atoms with Crippen LogP contribution in [0, 0.1) is 0 Å². The van der Waals surface area contributed by atoms with Gasteiger partial charge in [0, 0.05) is 47.7 Å². The van der Waals surface area contributed by atoms with Crippen LogP contribution in [-0.2, 0) is 26.7 Å². The first-order valence-corrected chi connectivity index (χ1v) is 20.3. The third kappa shape index (κ3) is 8.73. The molecule has 2 aliphatic heterocycles. The Morgan fingerprint density at radius 3 is 2.37 bits per heavy atom. The monoisotopic (exact) mass is 725 g/mol. The molecule has 3 heterocycles. The predicted molar refractivity (Wildman–Crippen MR) is 210 cm³/mol. The summed E-state index contributed by atoms with van der Waals surface area (Å²) in [5.41, 5.74) is 2.96. The van der Waals surface area contributed by atoms with Crippen molar-refractivity contribution in [3.63, 3.8) is 0 Å². The minimum atomic E-state index is -3.60. The largest absolute Gasteiger partial charge is 0.340 e. The smallest absolute Gasteiger partial charge is 0.296 e. The molecule has 0 unspecified atom stereocenters. The Balaban J connectivity index is 1.27. The number of hydrogen-bond acceptors (Lipinski definition) is 9. The van der Waals surface area contributed by atoms with Crippen molar-refractivity contribution in [2.24, 2.45) is 0 Å². The first-order valence-electron chi connectivity index (χ1n) is 18.4. The maximum Gasteiger partial charge on any atom is 0.296 e. The van der Waals surface area contributed by atoms with E-state index in [1.165, 1.54) is 12.8 Å². The van der Waals surface area contributed by atoms with Crippen LogP contribution in [0.1, 0.15) is 87.7 Å². The molecular formula is C40H51N7O4S. The number of fused-ring (bicyclic) bond motifs is 1. The number of benzene rings is 3. The van der Waals surface area contributed by atoms with Crippen molar-refractivity contribution in [1.82, 2.24) is 14.9 Å². The Hall–Kier alpha value is -4.55. The number of Topliss-reactive ketones (excluding diaryl/α,β-unsaturated/α-hetero) is 1. The second kappa shape index (κ2) is 15.6. The highest BCUT2D eigenvalue weighted by Crippen LogP contribution is 2.36. The lowest BCUT2D eigenvalue weighted by Crippen LogP contribution is -2.40. The van der Waals surface area contributed by atoms with Gasteiger partial charge in [-0.25, -0.2) is 13.4 Å². The van der Waals surface area contributed by atoms with E-state index in [9.17, 15) is 18.0 Å². The summed E-state index contributed by atoms with van der Waals surface area (Å²) in [6.07, 6.45) is 9.83. The third-order valence-electron chi connectivity index (χ3n) is 10.0. The number of carbonyl (C=O) groups is 2. The number of ketones is 1. The average Bonchev–Trinajstić information content (AvgIpc) is 3.79. The molecule has 52 heavy (non-hydrogen) atoms. The summed E-state index contributed by atoms with van der Waals surface area (Å²) >= 11 is 0. The van der Waals surface area contributed by atoms with Gasteiger partial charge in [-0.3, -0.25) is 14.3 Å². The lowest BCUT2D eigenvalue weighted by Gasteiger charge is -2.28. The number of hydrogen-bond donors (Lipinski definition) is 3. The minimum absolute atomic E-state index is 0.264. The zero-order valence-corrected chi connectivity index (χ0v) is 31.8. The normalized spacial score (nSPS) is 16.7. The van der Waals surface area contributed by atoms with Crippen LogP contribution in [0.15, 0.2) is 60.8 Å². The standard InChI is InChI=1S/C40H51N7O4S/c1-6-7-14-32-34(24-27(40(2,3)4)25-35(32)45-52(5,50)51)43-38(49)37(48)31-17-18-33(30-16-9-8-15-29(30)31)42-36-19-20-41-39(44-36)47-23-12-13-28(47)26-46-21-10-11-22-46/h8-9,15-20,24-25,28,45H,6-7,10-14,21-23,26H2,1-5H3,(H,43,49)(H,41,42,44)/t28-/m0/s1. The lowest BCUT2D eigenvalue weighted by molar-refractivity contribution is -0.112. The molecule has 0 spiro atoms. The average molecular weight is 726 g/mol. The molecule has 12 heteroatoms. The summed E-state index contributed by atoms with van der Waals surface area (Å²) in [6.45, 7) is 12.4. The number of nitrogens with zero attached hydrogens (tertiary/aromatic N) is 4. The number of anilines is 5. The van der Waals surface area contributed by atoms with E-state index < -0.39 is 21.7 Å². The molecule has 1 atom stereocenters. The van der Waals surface area contributed by atoms with Crippen LogP contribution in [0.3, 0.4) is 0 Å².